The Morgan fingerprint density at radius 1 is 1.21 bits per heavy atom. The molecule has 1 amide bonds. The van der Waals surface area contributed by atoms with E-state index in [1.165, 1.54) is 25.3 Å². The average molecular weight is 468 g/mol. The zero-order valence-corrected chi connectivity index (χ0v) is 17.7. The molecule has 0 radical (unpaired) electrons. The largest absolute Gasteiger partial charge is 0.494 e. The molecule has 2 aromatic rings. The first-order valence-electron chi connectivity index (χ1n) is 8.12. The van der Waals surface area contributed by atoms with Crippen LogP contribution in [-0.4, -0.2) is 29.2 Å². The molecule has 28 heavy (non-hydrogen) atoms. The van der Waals surface area contributed by atoms with Crippen LogP contribution in [0.5, 0.6) is 11.5 Å². The molecule has 0 aliphatic heterocycles. The zero-order chi connectivity index (χ0) is 20.8. The van der Waals surface area contributed by atoms with Gasteiger partial charge in [-0.05, 0) is 66.3 Å². The third kappa shape index (κ3) is 5.64. The van der Waals surface area contributed by atoms with Gasteiger partial charge < -0.3 is 14.8 Å². The zero-order valence-electron chi connectivity index (χ0n) is 15.3. The fraction of sp³-hybridized carbons (Fsp3) is 0.222. The fourth-order valence-electron chi connectivity index (χ4n) is 2.22. The Morgan fingerprint density at radius 3 is 2.50 bits per heavy atom. The van der Waals surface area contributed by atoms with E-state index in [0.717, 1.165) is 0 Å². The normalized spacial score (nSPS) is 10.3. The summed E-state index contributed by atoms with van der Waals surface area (Å²) in [5.74, 6) is 0.432. The molecule has 0 aromatic heterocycles. The van der Waals surface area contributed by atoms with Crippen LogP contribution in [0, 0.1) is 10.1 Å². The molecule has 148 valence electrons. The number of halogens is 1. The molecule has 2 aromatic carbocycles. The van der Waals surface area contributed by atoms with E-state index in [9.17, 15) is 14.9 Å². The van der Waals surface area contributed by atoms with Gasteiger partial charge in [-0.15, -0.1) is 0 Å². The monoisotopic (exact) mass is 467 g/mol. The summed E-state index contributed by atoms with van der Waals surface area (Å²) >= 11 is 8.53. The lowest BCUT2D eigenvalue weighted by Crippen LogP contribution is -2.34. The van der Waals surface area contributed by atoms with E-state index in [-0.39, 0.29) is 22.7 Å². The van der Waals surface area contributed by atoms with Gasteiger partial charge in [0.2, 0.25) is 0 Å². The van der Waals surface area contributed by atoms with Crippen molar-refractivity contribution in [3.05, 3.63) is 56.5 Å². The molecule has 2 rings (SSSR count). The highest BCUT2D eigenvalue weighted by Crippen LogP contribution is 2.29. The van der Waals surface area contributed by atoms with Crippen LogP contribution < -0.4 is 20.1 Å². The van der Waals surface area contributed by atoms with E-state index < -0.39 is 10.8 Å². The minimum absolute atomic E-state index is 0.00410. The number of amides is 1. The number of ether oxygens (including phenoxy) is 2. The first kappa shape index (κ1) is 21.6. The van der Waals surface area contributed by atoms with Crippen LogP contribution in [-0.2, 0) is 0 Å². The molecule has 0 saturated heterocycles. The topological polar surface area (TPSA) is 103 Å². The van der Waals surface area contributed by atoms with E-state index in [1.54, 1.807) is 18.2 Å². The summed E-state index contributed by atoms with van der Waals surface area (Å²) in [6.07, 6.45) is 0.00410. The number of carbonyl (C=O) groups excluding carboxylic acids is 1. The number of anilines is 1. The summed E-state index contributed by atoms with van der Waals surface area (Å²) in [6.45, 7) is 3.81. The molecule has 0 aliphatic carbocycles. The first-order chi connectivity index (χ1) is 13.2. The lowest BCUT2D eigenvalue weighted by Gasteiger charge is -2.14. The van der Waals surface area contributed by atoms with E-state index >= 15 is 0 Å². The smallest absolute Gasteiger partial charge is 0.273 e. The molecular formula is C18H18BrN3O5S. The van der Waals surface area contributed by atoms with Crippen molar-refractivity contribution < 1.29 is 19.2 Å². The van der Waals surface area contributed by atoms with Gasteiger partial charge in [0.15, 0.2) is 5.11 Å². The maximum Gasteiger partial charge on any atom is 0.273 e. The predicted octanol–water partition coefficient (Wildman–Crippen LogP) is 4.28. The molecule has 0 heterocycles. The molecule has 0 aliphatic rings. The Hall–Kier alpha value is -2.72. The molecule has 0 unspecified atom stereocenters. The van der Waals surface area contributed by atoms with E-state index in [4.69, 9.17) is 21.7 Å². The number of hydrogen-bond donors (Lipinski definition) is 2. The maximum absolute atomic E-state index is 12.4. The number of carbonyl (C=O) groups is 1. The van der Waals surface area contributed by atoms with Crippen molar-refractivity contribution in [3.8, 4) is 11.5 Å². The number of nitro groups is 1. The van der Waals surface area contributed by atoms with Crippen LogP contribution in [0.4, 0.5) is 11.4 Å². The Labute approximate surface area is 175 Å². The van der Waals surface area contributed by atoms with Gasteiger partial charge in [0, 0.05) is 11.6 Å². The lowest BCUT2D eigenvalue weighted by atomic mass is 10.2. The van der Waals surface area contributed by atoms with Crippen LogP contribution in [0.25, 0.3) is 0 Å². The molecular weight excluding hydrogens is 450 g/mol. The molecule has 0 saturated carbocycles. The molecule has 2 N–H and O–H groups in total. The highest BCUT2D eigenvalue weighted by atomic mass is 79.9. The first-order valence-corrected chi connectivity index (χ1v) is 9.32. The van der Waals surface area contributed by atoms with Crippen molar-refractivity contribution in [1.82, 2.24) is 5.32 Å². The second-order valence-corrected chi connectivity index (χ2v) is 7.12. The predicted molar refractivity (Wildman–Crippen MR) is 113 cm³/mol. The Kier molecular flexibility index (Phi) is 7.30. The third-order valence-electron chi connectivity index (χ3n) is 3.43. The highest BCUT2D eigenvalue weighted by molar-refractivity contribution is 9.10. The van der Waals surface area contributed by atoms with Crippen molar-refractivity contribution in [1.29, 1.82) is 0 Å². The number of nitrogens with one attached hydrogen (secondary N) is 2. The van der Waals surface area contributed by atoms with Crippen molar-refractivity contribution >= 4 is 50.5 Å². The van der Waals surface area contributed by atoms with E-state index in [1.807, 2.05) is 13.8 Å². The van der Waals surface area contributed by atoms with Crippen LogP contribution in [0.15, 0.2) is 40.9 Å². The van der Waals surface area contributed by atoms with Crippen molar-refractivity contribution in [3.63, 3.8) is 0 Å². The van der Waals surface area contributed by atoms with E-state index in [0.29, 0.717) is 21.5 Å². The van der Waals surface area contributed by atoms with Gasteiger partial charge in [-0.2, -0.15) is 0 Å². The highest BCUT2D eigenvalue weighted by Gasteiger charge is 2.15. The maximum atomic E-state index is 12.4. The number of nitrogens with zero attached hydrogens (tertiary/aromatic N) is 1. The Balaban J connectivity index is 2.08. The van der Waals surface area contributed by atoms with Gasteiger partial charge in [-0.3, -0.25) is 20.2 Å². The molecule has 0 atom stereocenters. The number of thiocarbonyl (C=S) groups is 1. The molecule has 0 fully saturated rings. The quantitative estimate of drug-likeness (QED) is 0.371. The fourth-order valence-corrected chi connectivity index (χ4v) is 2.89. The van der Waals surface area contributed by atoms with Gasteiger partial charge in [-0.1, -0.05) is 0 Å². The van der Waals surface area contributed by atoms with Crippen molar-refractivity contribution in [2.45, 2.75) is 20.0 Å². The minimum atomic E-state index is -0.531. The van der Waals surface area contributed by atoms with Gasteiger partial charge in [0.05, 0.1) is 34.4 Å². The summed E-state index contributed by atoms with van der Waals surface area (Å²) < 4.78 is 11.4. The molecule has 8 nitrogen and oxygen atoms in total. The van der Waals surface area contributed by atoms with Gasteiger partial charge >= 0.3 is 0 Å². The summed E-state index contributed by atoms with van der Waals surface area (Å²) in [4.78, 5) is 22.7. The van der Waals surface area contributed by atoms with Crippen LogP contribution in [0.3, 0.4) is 0 Å². The standard InChI is InChI=1S/C18H18BrN3O5S/c1-10(2)27-15-7-4-11(8-13(15)19)17(23)21-18(28)20-14-6-5-12(22(24)25)9-16(14)26-3/h4-10H,1-3H3,(H2,20,21,23,28). The lowest BCUT2D eigenvalue weighted by molar-refractivity contribution is -0.384. The number of methoxy groups -OCH3 is 1. The summed E-state index contributed by atoms with van der Waals surface area (Å²) in [5.41, 5.74) is 0.647. The molecule has 0 spiro atoms. The van der Waals surface area contributed by atoms with Crippen molar-refractivity contribution in [2.24, 2.45) is 0 Å². The second kappa shape index (κ2) is 9.47. The van der Waals surface area contributed by atoms with Gasteiger partial charge in [0.1, 0.15) is 11.5 Å². The Bertz CT molecular complexity index is 920. The number of non-ortho nitro benzene ring substituents is 1. The molecule has 0 bridgehead atoms. The van der Waals surface area contributed by atoms with Gasteiger partial charge in [0.25, 0.3) is 11.6 Å². The van der Waals surface area contributed by atoms with Gasteiger partial charge in [-0.25, -0.2) is 0 Å². The average Bonchev–Trinajstić information content (AvgIpc) is 2.63. The summed E-state index contributed by atoms with van der Waals surface area (Å²) in [5, 5.41) is 16.2. The number of nitro benzene ring substituents is 1. The van der Waals surface area contributed by atoms with E-state index in [2.05, 4.69) is 26.6 Å². The summed E-state index contributed by atoms with van der Waals surface area (Å²) in [6, 6.07) is 8.95. The minimum Gasteiger partial charge on any atom is -0.494 e. The molecule has 10 heteroatoms. The third-order valence-corrected chi connectivity index (χ3v) is 4.25. The van der Waals surface area contributed by atoms with Crippen LogP contribution in [0.2, 0.25) is 0 Å². The van der Waals surface area contributed by atoms with Crippen LogP contribution in [0.1, 0.15) is 24.2 Å². The Morgan fingerprint density at radius 2 is 1.93 bits per heavy atom. The number of benzene rings is 2. The second-order valence-electron chi connectivity index (χ2n) is 5.86. The SMILES string of the molecule is COc1cc([N+](=O)[O-])ccc1NC(=S)NC(=O)c1ccc(OC(C)C)c(Br)c1. The van der Waals surface area contributed by atoms with Crippen LogP contribution >= 0.6 is 28.1 Å². The van der Waals surface area contributed by atoms with Crippen molar-refractivity contribution in [2.75, 3.05) is 12.4 Å². The number of rotatable bonds is 6. The summed E-state index contributed by atoms with van der Waals surface area (Å²) in [7, 11) is 1.38. The number of hydrogen-bond acceptors (Lipinski definition) is 6.